The Bertz CT molecular complexity index is 540. The van der Waals surface area contributed by atoms with Crippen molar-refractivity contribution in [3.05, 3.63) is 46.2 Å². The van der Waals surface area contributed by atoms with Crippen LogP contribution in [0.4, 0.5) is 13.2 Å². The van der Waals surface area contributed by atoms with E-state index in [1.807, 2.05) is 6.92 Å². The minimum absolute atomic E-state index is 0.111. The summed E-state index contributed by atoms with van der Waals surface area (Å²) in [6, 6.07) is 0.411. The normalized spacial score (nSPS) is 13.4. The van der Waals surface area contributed by atoms with Crippen LogP contribution < -0.4 is 5.32 Å². The third-order valence-corrected chi connectivity index (χ3v) is 3.42. The Morgan fingerprint density at radius 3 is 2.80 bits per heavy atom. The predicted molar refractivity (Wildman–Crippen MR) is 71.5 cm³/mol. The minimum atomic E-state index is -4.40. The monoisotopic (exact) mass is 301 g/mol. The Morgan fingerprint density at radius 1 is 1.40 bits per heavy atom. The fraction of sp³-hybridized carbons (Fsp3) is 0.385. The van der Waals surface area contributed by atoms with Gasteiger partial charge in [-0.25, -0.2) is 4.98 Å². The SMILES string of the molecule is CCCNC(c1cscn1)c1cnccc1C(F)(F)F. The van der Waals surface area contributed by atoms with Crippen LogP contribution in [0.5, 0.6) is 0 Å². The van der Waals surface area contributed by atoms with Crippen molar-refractivity contribution >= 4 is 11.3 Å². The molecule has 20 heavy (non-hydrogen) atoms. The van der Waals surface area contributed by atoms with Gasteiger partial charge in [0.05, 0.1) is 22.8 Å². The third-order valence-electron chi connectivity index (χ3n) is 2.81. The van der Waals surface area contributed by atoms with Gasteiger partial charge in [0.1, 0.15) is 0 Å². The molecule has 2 aromatic rings. The average Bonchev–Trinajstić information content (AvgIpc) is 2.92. The molecule has 0 radical (unpaired) electrons. The second-order valence-electron chi connectivity index (χ2n) is 4.26. The number of pyridine rings is 1. The van der Waals surface area contributed by atoms with E-state index in [0.717, 1.165) is 18.7 Å². The number of alkyl halides is 3. The topological polar surface area (TPSA) is 37.8 Å². The first-order valence-electron chi connectivity index (χ1n) is 6.16. The van der Waals surface area contributed by atoms with Crippen LogP contribution in [0.25, 0.3) is 0 Å². The fourth-order valence-corrected chi connectivity index (χ4v) is 2.50. The molecule has 0 spiro atoms. The number of rotatable bonds is 5. The molecule has 0 fully saturated rings. The number of halogens is 3. The Balaban J connectivity index is 2.44. The minimum Gasteiger partial charge on any atom is -0.305 e. The van der Waals surface area contributed by atoms with Gasteiger partial charge in [-0.3, -0.25) is 4.98 Å². The molecule has 2 rings (SSSR count). The highest BCUT2D eigenvalue weighted by Crippen LogP contribution is 2.35. The molecular formula is C13H14F3N3S. The Kier molecular flexibility index (Phi) is 4.72. The maximum Gasteiger partial charge on any atom is 0.416 e. The molecule has 2 heterocycles. The molecule has 0 saturated heterocycles. The van der Waals surface area contributed by atoms with E-state index in [-0.39, 0.29) is 5.56 Å². The summed E-state index contributed by atoms with van der Waals surface area (Å²) in [5.41, 5.74) is 1.63. The summed E-state index contributed by atoms with van der Waals surface area (Å²) in [6.45, 7) is 2.56. The summed E-state index contributed by atoms with van der Waals surface area (Å²) in [5.74, 6) is 0. The van der Waals surface area contributed by atoms with Crippen LogP contribution in [-0.2, 0) is 6.18 Å². The van der Waals surface area contributed by atoms with Crippen molar-refractivity contribution in [1.29, 1.82) is 0 Å². The van der Waals surface area contributed by atoms with Gasteiger partial charge in [-0.2, -0.15) is 13.2 Å². The molecule has 0 bridgehead atoms. The summed E-state index contributed by atoms with van der Waals surface area (Å²) < 4.78 is 39.3. The number of thiazole rings is 1. The molecule has 108 valence electrons. The highest BCUT2D eigenvalue weighted by atomic mass is 32.1. The molecule has 0 saturated carbocycles. The summed E-state index contributed by atoms with van der Waals surface area (Å²) in [6.07, 6.45) is -1.16. The van der Waals surface area contributed by atoms with Crippen molar-refractivity contribution in [3.8, 4) is 0 Å². The van der Waals surface area contributed by atoms with Crippen LogP contribution in [0, 0.1) is 0 Å². The van der Waals surface area contributed by atoms with Crippen molar-refractivity contribution in [1.82, 2.24) is 15.3 Å². The van der Waals surface area contributed by atoms with E-state index in [4.69, 9.17) is 0 Å². The van der Waals surface area contributed by atoms with Crippen molar-refractivity contribution in [2.24, 2.45) is 0 Å². The average molecular weight is 301 g/mol. The quantitative estimate of drug-likeness (QED) is 0.916. The van der Waals surface area contributed by atoms with Crippen LogP contribution >= 0.6 is 11.3 Å². The lowest BCUT2D eigenvalue weighted by Gasteiger charge is -2.21. The van der Waals surface area contributed by atoms with Crippen LogP contribution in [0.15, 0.2) is 29.4 Å². The first-order chi connectivity index (χ1) is 9.54. The first kappa shape index (κ1) is 14.9. The number of hydrogen-bond acceptors (Lipinski definition) is 4. The van der Waals surface area contributed by atoms with Gasteiger partial charge in [0, 0.05) is 23.3 Å². The maximum absolute atomic E-state index is 13.1. The van der Waals surface area contributed by atoms with E-state index in [2.05, 4.69) is 15.3 Å². The smallest absolute Gasteiger partial charge is 0.305 e. The molecule has 0 aliphatic heterocycles. The Hall–Kier alpha value is -1.47. The van der Waals surface area contributed by atoms with E-state index >= 15 is 0 Å². The third kappa shape index (κ3) is 3.34. The molecule has 0 aliphatic carbocycles. The molecule has 1 unspecified atom stereocenters. The molecule has 1 atom stereocenters. The van der Waals surface area contributed by atoms with Gasteiger partial charge >= 0.3 is 6.18 Å². The van der Waals surface area contributed by atoms with Crippen LogP contribution in [0.1, 0.15) is 36.2 Å². The lowest BCUT2D eigenvalue weighted by Crippen LogP contribution is -2.26. The molecule has 7 heteroatoms. The zero-order valence-corrected chi connectivity index (χ0v) is 11.6. The molecule has 3 nitrogen and oxygen atoms in total. The van der Waals surface area contributed by atoms with Crippen LogP contribution in [0.3, 0.4) is 0 Å². The van der Waals surface area contributed by atoms with Crippen LogP contribution in [0.2, 0.25) is 0 Å². The zero-order valence-electron chi connectivity index (χ0n) is 10.8. The van der Waals surface area contributed by atoms with Crippen molar-refractivity contribution in [2.45, 2.75) is 25.6 Å². The highest BCUT2D eigenvalue weighted by Gasteiger charge is 2.35. The Morgan fingerprint density at radius 2 is 2.20 bits per heavy atom. The summed E-state index contributed by atoms with van der Waals surface area (Å²) in [5, 5.41) is 4.86. The highest BCUT2D eigenvalue weighted by molar-refractivity contribution is 7.07. The predicted octanol–water partition coefficient (Wildman–Crippen LogP) is 3.65. The standard InChI is InChI=1S/C13H14F3N3S/c1-2-4-18-12(11-7-20-8-19-11)9-6-17-5-3-10(9)13(14,15)16/h3,5-8,12,18H,2,4H2,1H3. The van der Waals surface area contributed by atoms with Gasteiger partial charge in [0.25, 0.3) is 0 Å². The van der Waals surface area contributed by atoms with E-state index < -0.39 is 17.8 Å². The lowest BCUT2D eigenvalue weighted by atomic mass is 10.00. The molecule has 1 N–H and O–H groups in total. The lowest BCUT2D eigenvalue weighted by molar-refractivity contribution is -0.138. The fourth-order valence-electron chi connectivity index (χ4n) is 1.92. The first-order valence-corrected chi connectivity index (χ1v) is 7.11. The van der Waals surface area contributed by atoms with E-state index in [9.17, 15) is 13.2 Å². The van der Waals surface area contributed by atoms with Gasteiger partial charge in [0.2, 0.25) is 0 Å². The summed E-state index contributed by atoms with van der Waals surface area (Å²) in [4.78, 5) is 7.96. The number of aromatic nitrogens is 2. The second-order valence-corrected chi connectivity index (χ2v) is 4.98. The van der Waals surface area contributed by atoms with E-state index in [1.54, 1.807) is 10.9 Å². The summed E-state index contributed by atoms with van der Waals surface area (Å²) >= 11 is 1.36. The number of nitrogens with zero attached hydrogens (tertiary/aromatic N) is 2. The van der Waals surface area contributed by atoms with Crippen molar-refractivity contribution in [2.75, 3.05) is 6.54 Å². The van der Waals surface area contributed by atoms with Crippen molar-refractivity contribution < 1.29 is 13.2 Å². The van der Waals surface area contributed by atoms with Gasteiger partial charge < -0.3 is 5.32 Å². The Labute approximate surface area is 118 Å². The van der Waals surface area contributed by atoms with Crippen molar-refractivity contribution in [3.63, 3.8) is 0 Å². The second kappa shape index (κ2) is 6.32. The van der Waals surface area contributed by atoms with E-state index in [1.165, 1.54) is 17.5 Å². The van der Waals surface area contributed by atoms with E-state index in [0.29, 0.717) is 12.2 Å². The summed E-state index contributed by atoms with van der Waals surface area (Å²) in [7, 11) is 0. The van der Waals surface area contributed by atoms with Gasteiger partial charge in [-0.05, 0) is 19.0 Å². The zero-order chi connectivity index (χ0) is 14.6. The number of nitrogens with one attached hydrogen (secondary N) is 1. The van der Waals surface area contributed by atoms with Crippen LogP contribution in [-0.4, -0.2) is 16.5 Å². The molecule has 0 aromatic carbocycles. The van der Waals surface area contributed by atoms with Gasteiger partial charge in [0.15, 0.2) is 0 Å². The largest absolute Gasteiger partial charge is 0.416 e. The molecule has 2 aromatic heterocycles. The molecule has 0 aliphatic rings. The maximum atomic E-state index is 13.1. The van der Waals surface area contributed by atoms with Gasteiger partial charge in [-0.15, -0.1) is 11.3 Å². The molecular weight excluding hydrogens is 287 g/mol. The molecule has 0 amide bonds. The number of hydrogen-bond donors (Lipinski definition) is 1. The van der Waals surface area contributed by atoms with Gasteiger partial charge in [-0.1, -0.05) is 6.92 Å².